The van der Waals surface area contributed by atoms with Crippen molar-refractivity contribution in [1.29, 1.82) is 0 Å². The van der Waals surface area contributed by atoms with E-state index in [0.717, 1.165) is 19.4 Å². The number of carbonyl (C=O) groups excluding carboxylic acids is 1. The molecule has 0 aromatic rings. The number of nitrogens with one attached hydrogen (secondary N) is 1. The average Bonchev–Trinajstić information content (AvgIpc) is 3.09. The summed E-state index contributed by atoms with van der Waals surface area (Å²) in [6, 6.07) is 0. The lowest BCUT2D eigenvalue weighted by Crippen LogP contribution is -2.43. The van der Waals surface area contributed by atoms with Gasteiger partial charge in [-0.1, -0.05) is 41.5 Å². The van der Waals surface area contributed by atoms with Gasteiger partial charge in [0.05, 0.1) is 11.7 Å². The van der Waals surface area contributed by atoms with Gasteiger partial charge in [0.15, 0.2) is 0 Å². The molecule has 1 saturated heterocycles. The molecule has 3 aliphatic rings. The Morgan fingerprint density at radius 3 is 2.11 bits per heavy atom. The molecule has 0 aromatic heterocycles. The van der Waals surface area contributed by atoms with E-state index in [4.69, 9.17) is 0 Å². The lowest BCUT2D eigenvalue weighted by molar-refractivity contribution is -0.131. The summed E-state index contributed by atoms with van der Waals surface area (Å²) in [6.45, 7) is 14.7. The normalized spacial score (nSPS) is 34.4. The third kappa shape index (κ3) is 1.63. The highest BCUT2D eigenvalue weighted by Crippen LogP contribution is 2.68. The highest BCUT2D eigenvalue weighted by Gasteiger charge is 2.67. The minimum atomic E-state index is -0.169. The van der Waals surface area contributed by atoms with Gasteiger partial charge in [0.1, 0.15) is 0 Å². The molecule has 3 fully saturated rings. The molecule has 3 rings (SSSR count). The molecule has 19 heavy (non-hydrogen) atoms. The predicted molar refractivity (Wildman–Crippen MR) is 76.5 cm³/mol. The Labute approximate surface area is 117 Å². The molecule has 1 spiro atoms. The van der Waals surface area contributed by atoms with Crippen molar-refractivity contribution in [2.75, 3.05) is 6.54 Å². The molecule has 1 N–H and O–H groups in total. The van der Waals surface area contributed by atoms with E-state index in [1.165, 1.54) is 0 Å². The van der Waals surface area contributed by atoms with Crippen LogP contribution in [0.15, 0.2) is 0 Å². The van der Waals surface area contributed by atoms with Gasteiger partial charge in [0, 0.05) is 6.54 Å². The first kappa shape index (κ1) is 13.4. The first-order valence-electron chi connectivity index (χ1n) is 7.72. The zero-order chi connectivity index (χ0) is 14.2. The smallest absolute Gasteiger partial charge is 0.244 e. The first-order chi connectivity index (χ1) is 8.63. The summed E-state index contributed by atoms with van der Waals surface area (Å²) < 4.78 is 0. The van der Waals surface area contributed by atoms with Crippen molar-refractivity contribution >= 4 is 5.91 Å². The topological polar surface area (TPSA) is 32.3 Å². The van der Waals surface area contributed by atoms with E-state index < -0.39 is 0 Å². The zero-order valence-corrected chi connectivity index (χ0v) is 13.2. The summed E-state index contributed by atoms with van der Waals surface area (Å²) >= 11 is 0. The molecule has 3 nitrogen and oxygen atoms in total. The van der Waals surface area contributed by atoms with E-state index in [0.29, 0.717) is 28.6 Å². The number of carbonyl (C=O) groups is 1. The van der Waals surface area contributed by atoms with Gasteiger partial charge in [0.2, 0.25) is 5.91 Å². The zero-order valence-electron chi connectivity index (χ0n) is 13.2. The highest BCUT2D eigenvalue weighted by atomic mass is 16.2. The number of hydrogen-bond acceptors (Lipinski definition) is 2. The van der Waals surface area contributed by atoms with Crippen LogP contribution in [0.2, 0.25) is 0 Å². The molecule has 0 aromatic carbocycles. The Bertz CT molecular complexity index is 406. The monoisotopic (exact) mass is 264 g/mol. The molecule has 108 valence electrons. The molecule has 0 bridgehead atoms. The van der Waals surface area contributed by atoms with Crippen LogP contribution in [-0.2, 0) is 4.79 Å². The van der Waals surface area contributed by atoms with E-state index in [2.05, 4.69) is 51.8 Å². The molecule has 1 atom stereocenters. The molecular weight excluding hydrogens is 236 g/mol. The quantitative estimate of drug-likeness (QED) is 0.850. The number of hydrogen-bond donors (Lipinski definition) is 1. The molecule has 1 aliphatic heterocycles. The van der Waals surface area contributed by atoms with Gasteiger partial charge in [0.25, 0.3) is 0 Å². The summed E-state index contributed by atoms with van der Waals surface area (Å²) in [4.78, 5) is 14.8. The summed E-state index contributed by atoms with van der Waals surface area (Å²) in [5.41, 5.74) is 0.542. The maximum Gasteiger partial charge on any atom is 0.244 e. The van der Waals surface area contributed by atoms with Crippen LogP contribution in [0.5, 0.6) is 0 Å². The van der Waals surface area contributed by atoms with Crippen LogP contribution in [0.1, 0.15) is 54.4 Å². The second-order valence-electron chi connectivity index (χ2n) is 8.37. The Morgan fingerprint density at radius 1 is 1.21 bits per heavy atom. The Kier molecular flexibility index (Phi) is 2.50. The van der Waals surface area contributed by atoms with Crippen LogP contribution in [0.3, 0.4) is 0 Å². The van der Waals surface area contributed by atoms with Crippen LogP contribution in [0.25, 0.3) is 0 Å². The molecule has 1 heterocycles. The minimum absolute atomic E-state index is 0.169. The van der Waals surface area contributed by atoms with Crippen molar-refractivity contribution < 1.29 is 4.79 Å². The third-order valence-corrected chi connectivity index (χ3v) is 6.51. The Morgan fingerprint density at radius 2 is 1.74 bits per heavy atom. The van der Waals surface area contributed by atoms with Crippen LogP contribution in [0.4, 0.5) is 0 Å². The molecule has 1 unspecified atom stereocenters. The van der Waals surface area contributed by atoms with Crippen molar-refractivity contribution in [3.8, 4) is 0 Å². The number of rotatable bonds is 3. The van der Waals surface area contributed by atoms with Gasteiger partial charge in [-0.15, -0.1) is 0 Å². The molecule has 3 heteroatoms. The van der Waals surface area contributed by atoms with Gasteiger partial charge in [-0.25, -0.2) is 0 Å². The van der Waals surface area contributed by atoms with E-state index in [9.17, 15) is 4.79 Å². The van der Waals surface area contributed by atoms with Crippen LogP contribution < -0.4 is 5.32 Å². The maximum absolute atomic E-state index is 12.7. The fraction of sp³-hybridized carbons (Fsp3) is 0.938. The van der Waals surface area contributed by atoms with E-state index in [1.807, 2.05) is 0 Å². The Hall–Kier alpha value is -0.570. The lowest BCUT2D eigenvalue weighted by atomic mass is 10.0. The van der Waals surface area contributed by atoms with Crippen LogP contribution in [-0.4, -0.2) is 29.1 Å². The summed E-state index contributed by atoms with van der Waals surface area (Å²) in [7, 11) is 0. The van der Waals surface area contributed by atoms with Crippen molar-refractivity contribution in [2.24, 2.45) is 22.7 Å². The number of nitrogens with zero attached hydrogens (tertiary/aromatic N) is 1. The van der Waals surface area contributed by atoms with Crippen LogP contribution >= 0.6 is 0 Å². The van der Waals surface area contributed by atoms with E-state index in [1.54, 1.807) is 0 Å². The molecular formula is C16H28N2O. The Balaban J connectivity index is 1.78. The van der Waals surface area contributed by atoms with Crippen molar-refractivity contribution in [2.45, 2.75) is 66.1 Å². The highest BCUT2D eigenvalue weighted by molar-refractivity contribution is 5.91. The van der Waals surface area contributed by atoms with Gasteiger partial charge < -0.3 is 4.90 Å². The van der Waals surface area contributed by atoms with Crippen molar-refractivity contribution in [1.82, 2.24) is 10.2 Å². The molecule has 0 radical (unpaired) electrons. The molecule has 2 aliphatic carbocycles. The second kappa shape index (κ2) is 3.55. The largest absolute Gasteiger partial charge is 0.325 e. The van der Waals surface area contributed by atoms with E-state index >= 15 is 0 Å². The predicted octanol–water partition coefficient (Wildman–Crippen LogP) is 2.62. The molecule has 2 saturated carbocycles. The van der Waals surface area contributed by atoms with Crippen molar-refractivity contribution in [3.63, 3.8) is 0 Å². The summed E-state index contributed by atoms with van der Waals surface area (Å²) in [5, 5.41) is 3.60. The van der Waals surface area contributed by atoms with Gasteiger partial charge in [-0.05, 0) is 35.5 Å². The maximum atomic E-state index is 12.7. The van der Waals surface area contributed by atoms with E-state index in [-0.39, 0.29) is 11.7 Å². The number of amides is 1. The molecule has 1 amide bonds. The van der Waals surface area contributed by atoms with Gasteiger partial charge in [-0.2, -0.15) is 0 Å². The summed E-state index contributed by atoms with van der Waals surface area (Å²) in [6.07, 6.45) is 2.30. The minimum Gasteiger partial charge on any atom is -0.325 e. The third-order valence-electron chi connectivity index (χ3n) is 6.51. The van der Waals surface area contributed by atoms with Gasteiger partial charge in [-0.3, -0.25) is 10.1 Å². The SMILES string of the molecule is CC(C)C1NC2(CC2)C(=O)N1CC1C(C)(C)C1(C)C. The second-order valence-corrected chi connectivity index (χ2v) is 8.37. The van der Waals surface area contributed by atoms with Crippen molar-refractivity contribution in [3.05, 3.63) is 0 Å². The van der Waals surface area contributed by atoms with Crippen LogP contribution in [0, 0.1) is 22.7 Å². The van der Waals surface area contributed by atoms with Gasteiger partial charge >= 0.3 is 0 Å². The fourth-order valence-electron chi connectivity index (χ4n) is 4.02. The lowest BCUT2D eigenvalue weighted by Gasteiger charge is -2.28. The first-order valence-corrected chi connectivity index (χ1v) is 7.72. The summed E-state index contributed by atoms with van der Waals surface area (Å²) in [5.74, 6) is 1.47. The standard InChI is InChI=1S/C16H28N2O/c1-10(2)12-17-16(7-8-16)13(19)18(12)9-11-14(3,4)15(11,5)6/h10-12,17H,7-9H2,1-6H3. The average molecular weight is 264 g/mol. The fourth-order valence-corrected chi connectivity index (χ4v) is 4.02.